The molecule has 0 aliphatic carbocycles. The average molecular weight is 302 g/mol. The normalized spacial score (nSPS) is 9.50. The van der Waals surface area contributed by atoms with E-state index in [1.54, 1.807) is 13.0 Å². The number of nitriles is 1. The predicted octanol–water partition coefficient (Wildman–Crippen LogP) is 2.57. The number of nitro groups is 1. The molecule has 0 aliphatic rings. The van der Waals surface area contributed by atoms with Gasteiger partial charge in [0.15, 0.2) is 0 Å². The van der Waals surface area contributed by atoms with Gasteiger partial charge < -0.3 is 0 Å². The van der Waals surface area contributed by atoms with E-state index in [0.29, 0.717) is 5.56 Å². The van der Waals surface area contributed by atoms with E-state index in [2.05, 4.69) is 0 Å². The molecule has 0 spiro atoms. The first-order chi connectivity index (χ1) is 6.56. The highest BCUT2D eigenvalue weighted by Crippen LogP contribution is 2.24. The molecule has 0 fully saturated rings. The highest BCUT2D eigenvalue weighted by atomic mass is 127. The van der Waals surface area contributed by atoms with Gasteiger partial charge in [0.2, 0.25) is 0 Å². The summed E-state index contributed by atoms with van der Waals surface area (Å²) in [5, 5.41) is 19.1. The van der Waals surface area contributed by atoms with E-state index in [-0.39, 0.29) is 12.1 Å². The van der Waals surface area contributed by atoms with Crippen molar-refractivity contribution in [2.45, 2.75) is 13.3 Å². The first-order valence-electron chi connectivity index (χ1n) is 3.86. The molecule has 0 aromatic heterocycles. The Kier molecular flexibility index (Phi) is 3.41. The Balaban J connectivity index is 3.25. The summed E-state index contributed by atoms with van der Waals surface area (Å²) in [5.74, 6) is 0. The molecule has 1 aromatic rings. The molecule has 0 saturated heterocycles. The van der Waals surface area contributed by atoms with E-state index in [0.717, 1.165) is 9.13 Å². The molecule has 0 radical (unpaired) electrons. The lowest BCUT2D eigenvalue weighted by Crippen LogP contribution is -1.96. The zero-order valence-corrected chi connectivity index (χ0v) is 9.61. The van der Waals surface area contributed by atoms with Gasteiger partial charge in [-0.1, -0.05) is 0 Å². The summed E-state index contributed by atoms with van der Waals surface area (Å²) in [6.45, 7) is 1.68. The molecule has 0 aliphatic heterocycles. The fraction of sp³-hybridized carbons (Fsp3) is 0.222. The van der Waals surface area contributed by atoms with Crippen LogP contribution in [-0.2, 0) is 6.42 Å². The molecule has 0 saturated carbocycles. The molecule has 0 heterocycles. The summed E-state index contributed by atoms with van der Waals surface area (Å²) >= 11 is 2.00. The van der Waals surface area contributed by atoms with Crippen LogP contribution in [0.4, 0.5) is 5.69 Å². The van der Waals surface area contributed by atoms with Crippen LogP contribution < -0.4 is 0 Å². The number of hydrogen-bond donors (Lipinski definition) is 0. The van der Waals surface area contributed by atoms with Crippen molar-refractivity contribution in [3.8, 4) is 6.07 Å². The zero-order chi connectivity index (χ0) is 10.7. The number of halogens is 1. The minimum atomic E-state index is -0.409. The van der Waals surface area contributed by atoms with E-state index >= 15 is 0 Å². The van der Waals surface area contributed by atoms with Gasteiger partial charge in [0, 0.05) is 15.2 Å². The van der Waals surface area contributed by atoms with Crippen molar-refractivity contribution in [3.63, 3.8) is 0 Å². The van der Waals surface area contributed by atoms with Gasteiger partial charge in [-0.05, 0) is 41.1 Å². The number of aryl methyl sites for hydroxylation is 1. The summed E-state index contributed by atoms with van der Waals surface area (Å²) < 4.78 is 0.765. The third-order valence-corrected chi connectivity index (χ3v) is 2.84. The largest absolute Gasteiger partial charge is 0.273 e. The molecule has 1 aromatic carbocycles. The maximum Gasteiger partial charge on any atom is 0.273 e. The van der Waals surface area contributed by atoms with Crippen molar-refractivity contribution in [1.29, 1.82) is 5.26 Å². The van der Waals surface area contributed by atoms with Crippen LogP contribution in [0.3, 0.4) is 0 Å². The molecule has 0 atom stereocenters. The molecule has 0 bridgehead atoms. The van der Waals surface area contributed by atoms with Gasteiger partial charge in [-0.2, -0.15) is 5.26 Å². The number of hydrogen-bond acceptors (Lipinski definition) is 3. The maximum absolute atomic E-state index is 10.6. The second-order valence-electron chi connectivity index (χ2n) is 2.82. The number of nitro benzene ring substituents is 1. The summed E-state index contributed by atoms with van der Waals surface area (Å²) in [4.78, 5) is 10.2. The minimum absolute atomic E-state index is 0.107. The fourth-order valence-corrected chi connectivity index (χ4v) is 1.79. The maximum atomic E-state index is 10.6. The summed E-state index contributed by atoms with van der Waals surface area (Å²) in [6.07, 6.45) is 0.289. The molecular weight excluding hydrogens is 295 g/mol. The quantitative estimate of drug-likeness (QED) is 0.479. The Bertz CT molecular complexity index is 424. The monoisotopic (exact) mass is 302 g/mol. The SMILES string of the molecule is Cc1cc(CC#N)c(I)cc1[N+](=O)[O-]. The Hall–Kier alpha value is -1.16. The Labute approximate surface area is 94.8 Å². The fourth-order valence-electron chi connectivity index (χ4n) is 1.15. The minimum Gasteiger partial charge on any atom is -0.258 e. The van der Waals surface area contributed by atoms with Crippen LogP contribution in [-0.4, -0.2) is 4.92 Å². The van der Waals surface area contributed by atoms with Crippen LogP contribution in [0.2, 0.25) is 0 Å². The zero-order valence-electron chi connectivity index (χ0n) is 7.45. The molecule has 4 nitrogen and oxygen atoms in total. The molecule has 0 unspecified atom stereocenters. The van der Waals surface area contributed by atoms with Gasteiger partial charge in [-0.3, -0.25) is 10.1 Å². The van der Waals surface area contributed by atoms with Crippen LogP contribution in [0.5, 0.6) is 0 Å². The van der Waals surface area contributed by atoms with E-state index in [1.165, 1.54) is 6.07 Å². The molecule has 0 N–H and O–H groups in total. The van der Waals surface area contributed by atoms with E-state index in [1.807, 2.05) is 28.7 Å². The predicted molar refractivity (Wildman–Crippen MR) is 59.9 cm³/mol. The van der Waals surface area contributed by atoms with E-state index in [4.69, 9.17) is 5.26 Å². The average Bonchev–Trinajstić information content (AvgIpc) is 2.10. The van der Waals surface area contributed by atoms with Gasteiger partial charge >= 0.3 is 0 Å². The van der Waals surface area contributed by atoms with Crippen LogP contribution in [0.1, 0.15) is 11.1 Å². The highest BCUT2D eigenvalue weighted by molar-refractivity contribution is 14.1. The standard InChI is InChI=1S/C9H7IN2O2/c1-6-4-7(2-3-11)8(10)5-9(6)12(13)14/h4-5H,2H2,1H3. The highest BCUT2D eigenvalue weighted by Gasteiger charge is 2.13. The van der Waals surface area contributed by atoms with Crippen molar-refractivity contribution < 1.29 is 4.92 Å². The van der Waals surface area contributed by atoms with E-state index < -0.39 is 4.92 Å². The van der Waals surface area contributed by atoms with Crippen LogP contribution in [0.15, 0.2) is 12.1 Å². The van der Waals surface area contributed by atoms with Crippen molar-refractivity contribution in [1.82, 2.24) is 0 Å². The summed E-state index contributed by atoms with van der Waals surface area (Å²) in [7, 11) is 0. The second-order valence-corrected chi connectivity index (χ2v) is 3.98. The van der Waals surface area contributed by atoms with Gasteiger partial charge in [-0.15, -0.1) is 0 Å². The van der Waals surface area contributed by atoms with Gasteiger partial charge in [0.25, 0.3) is 5.69 Å². The lowest BCUT2D eigenvalue weighted by Gasteiger charge is -2.02. The number of rotatable bonds is 2. The molecule has 1 rings (SSSR count). The Morgan fingerprint density at radius 1 is 1.64 bits per heavy atom. The summed E-state index contributed by atoms with van der Waals surface area (Å²) in [5.41, 5.74) is 1.55. The molecular formula is C9H7IN2O2. The smallest absolute Gasteiger partial charge is 0.258 e. The van der Waals surface area contributed by atoms with Crippen molar-refractivity contribution in [2.24, 2.45) is 0 Å². The van der Waals surface area contributed by atoms with Gasteiger partial charge in [0.05, 0.1) is 17.4 Å². The van der Waals surface area contributed by atoms with E-state index in [9.17, 15) is 10.1 Å². The molecule has 14 heavy (non-hydrogen) atoms. The first kappa shape index (κ1) is 10.9. The van der Waals surface area contributed by atoms with Crippen molar-refractivity contribution in [2.75, 3.05) is 0 Å². The third-order valence-electron chi connectivity index (χ3n) is 1.83. The van der Waals surface area contributed by atoms with Crippen LogP contribution in [0.25, 0.3) is 0 Å². The Morgan fingerprint density at radius 2 is 2.29 bits per heavy atom. The van der Waals surface area contributed by atoms with Gasteiger partial charge in [-0.25, -0.2) is 0 Å². The molecule has 0 amide bonds. The third kappa shape index (κ3) is 2.20. The summed E-state index contributed by atoms with van der Waals surface area (Å²) in [6, 6.07) is 5.23. The van der Waals surface area contributed by atoms with Crippen molar-refractivity contribution in [3.05, 3.63) is 36.9 Å². The lowest BCUT2D eigenvalue weighted by atomic mass is 10.1. The van der Waals surface area contributed by atoms with Crippen LogP contribution in [0, 0.1) is 31.9 Å². The molecule has 5 heteroatoms. The topological polar surface area (TPSA) is 66.9 Å². The lowest BCUT2D eigenvalue weighted by molar-refractivity contribution is -0.385. The number of benzene rings is 1. The van der Waals surface area contributed by atoms with Crippen LogP contribution >= 0.6 is 22.6 Å². The molecule has 72 valence electrons. The van der Waals surface area contributed by atoms with Crippen molar-refractivity contribution >= 4 is 28.3 Å². The Morgan fingerprint density at radius 3 is 2.79 bits per heavy atom. The number of nitrogens with zero attached hydrogens (tertiary/aromatic N) is 2. The second kappa shape index (κ2) is 4.37. The first-order valence-corrected chi connectivity index (χ1v) is 4.94. The van der Waals surface area contributed by atoms with Gasteiger partial charge in [0.1, 0.15) is 0 Å².